The minimum Gasteiger partial charge on any atom is -0.227 e. The lowest BCUT2D eigenvalue weighted by Gasteiger charge is -2.08. The van der Waals surface area contributed by atoms with Crippen LogP contribution in [-0.4, -0.2) is 9.97 Å². The molecule has 0 fully saturated rings. The number of rotatable bonds is 1. The summed E-state index contributed by atoms with van der Waals surface area (Å²) < 4.78 is 1.83. The molecule has 106 valence electrons. The van der Waals surface area contributed by atoms with Gasteiger partial charge in [0.2, 0.25) is 0 Å². The van der Waals surface area contributed by atoms with Crippen LogP contribution in [0.15, 0.2) is 39.3 Å². The highest BCUT2D eigenvalue weighted by Crippen LogP contribution is 2.32. The summed E-state index contributed by atoms with van der Waals surface area (Å²) in [6.07, 6.45) is 0. The summed E-state index contributed by atoms with van der Waals surface area (Å²) in [5, 5.41) is 1.28. The van der Waals surface area contributed by atoms with Gasteiger partial charge in [0.25, 0.3) is 0 Å². The van der Waals surface area contributed by atoms with Crippen molar-refractivity contribution in [1.82, 2.24) is 9.97 Å². The zero-order valence-electron chi connectivity index (χ0n) is 11.4. The van der Waals surface area contributed by atoms with Crippen LogP contribution in [0.25, 0.3) is 22.3 Å². The highest BCUT2D eigenvalue weighted by molar-refractivity contribution is 9.11. The Morgan fingerprint density at radius 2 is 1.71 bits per heavy atom. The van der Waals surface area contributed by atoms with E-state index in [-0.39, 0.29) is 0 Å². The van der Waals surface area contributed by atoms with Gasteiger partial charge >= 0.3 is 0 Å². The maximum Gasteiger partial charge on any atom is 0.161 e. The fraction of sp³-hybridized carbons (Fsp3) is 0.125. The quantitative estimate of drug-likeness (QED) is 0.440. The summed E-state index contributed by atoms with van der Waals surface area (Å²) in [7, 11) is 0. The topological polar surface area (TPSA) is 25.8 Å². The Hall–Kier alpha value is -0.970. The van der Waals surface area contributed by atoms with Crippen molar-refractivity contribution >= 4 is 54.4 Å². The van der Waals surface area contributed by atoms with Crippen molar-refractivity contribution in [3.05, 3.63) is 55.6 Å². The van der Waals surface area contributed by atoms with Gasteiger partial charge in [-0.2, -0.15) is 0 Å². The lowest BCUT2D eigenvalue weighted by Crippen LogP contribution is -1.94. The Balaban J connectivity index is 2.27. The van der Waals surface area contributed by atoms with Gasteiger partial charge in [-0.1, -0.05) is 39.7 Å². The van der Waals surface area contributed by atoms with E-state index in [2.05, 4.69) is 67.8 Å². The molecule has 1 aromatic heterocycles. The Labute approximate surface area is 144 Å². The van der Waals surface area contributed by atoms with E-state index in [1.165, 1.54) is 11.1 Å². The van der Waals surface area contributed by atoms with Crippen LogP contribution in [0.3, 0.4) is 0 Å². The largest absolute Gasteiger partial charge is 0.227 e. The van der Waals surface area contributed by atoms with E-state index in [1.807, 2.05) is 18.2 Å². The second kappa shape index (κ2) is 5.67. The van der Waals surface area contributed by atoms with Gasteiger partial charge in [-0.05, 0) is 59.1 Å². The predicted octanol–water partition coefficient (Wildman–Crippen LogP) is 6.09. The predicted molar refractivity (Wildman–Crippen MR) is 94.9 cm³/mol. The van der Waals surface area contributed by atoms with Gasteiger partial charge in [-0.3, -0.25) is 0 Å². The molecule has 0 saturated heterocycles. The minimum absolute atomic E-state index is 0.454. The third-order valence-corrected chi connectivity index (χ3v) is 4.79. The molecule has 0 atom stereocenters. The van der Waals surface area contributed by atoms with E-state index in [4.69, 9.17) is 11.6 Å². The number of nitrogens with zero attached hydrogens (tertiary/aromatic N) is 2. The number of halogens is 3. The van der Waals surface area contributed by atoms with Crippen LogP contribution in [0.4, 0.5) is 0 Å². The molecule has 0 N–H and O–H groups in total. The van der Waals surface area contributed by atoms with E-state index >= 15 is 0 Å². The van der Waals surface area contributed by atoms with Crippen molar-refractivity contribution in [2.24, 2.45) is 0 Å². The fourth-order valence-electron chi connectivity index (χ4n) is 2.13. The summed E-state index contributed by atoms with van der Waals surface area (Å²) in [4.78, 5) is 9.09. The molecule has 3 aromatic rings. The van der Waals surface area contributed by atoms with Crippen molar-refractivity contribution in [3.8, 4) is 11.4 Å². The van der Waals surface area contributed by atoms with Crippen molar-refractivity contribution in [2.45, 2.75) is 13.8 Å². The Morgan fingerprint density at radius 1 is 0.952 bits per heavy atom. The van der Waals surface area contributed by atoms with Crippen molar-refractivity contribution in [1.29, 1.82) is 0 Å². The Morgan fingerprint density at radius 3 is 2.43 bits per heavy atom. The van der Waals surface area contributed by atoms with Gasteiger partial charge in [0.15, 0.2) is 5.82 Å². The van der Waals surface area contributed by atoms with Gasteiger partial charge in [-0.15, -0.1) is 0 Å². The summed E-state index contributed by atoms with van der Waals surface area (Å²) in [6, 6.07) is 10.1. The lowest BCUT2D eigenvalue weighted by atomic mass is 10.1. The average molecular weight is 427 g/mol. The SMILES string of the molecule is Cc1ccc(-c2nc(Cl)c3cc(Br)cc(Br)c3n2)cc1C. The van der Waals surface area contributed by atoms with Gasteiger partial charge in [0.1, 0.15) is 5.15 Å². The fourth-order valence-corrected chi connectivity index (χ4v) is 3.67. The summed E-state index contributed by atoms with van der Waals surface area (Å²) in [5.41, 5.74) is 4.24. The molecule has 5 heteroatoms. The molecule has 0 spiro atoms. The zero-order chi connectivity index (χ0) is 15.1. The van der Waals surface area contributed by atoms with Crippen LogP contribution in [0.5, 0.6) is 0 Å². The van der Waals surface area contributed by atoms with E-state index in [0.717, 1.165) is 25.4 Å². The van der Waals surface area contributed by atoms with Gasteiger partial charge < -0.3 is 0 Å². The molecule has 0 aliphatic rings. The van der Waals surface area contributed by atoms with Crippen molar-refractivity contribution in [2.75, 3.05) is 0 Å². The van der Waals surface area contributed by atoms with Crippen LogP contribution in [0.1, 0.15) is 11.1 Å². The van der Waals surface area contributed by atoms with Crippen LogP contribution in [0, 0.1) is 13.8 Å². The minimum atomic E-state index is 0.454. The van der Waals surface area contributed by atoms with Crippen LogP contribution < -0.4 is 0 Å². The van der Waals surface area contributed by atoms with Gasteiger partial charge in [0.05, 0.1) is 5.52 Å². The monoisotopic (exact) mass is 424 g/mol. The third kappa shape index (κ3) is 2.85. The van der Waals surface area contributed by atoms with E-state index in [9.17, 15) is 0 Å². The lowest BCUT2D eigenvalue weighted by molar-refractivity contribution is 1.21. The first-order valence-corrected chi connectivity index (χ1v) is 8.32. The second-order valence-corrected chi connectivity index (χ2v) is 7.05. The highest BCUT2D eigenvalue weighted by atomic mass is 79.9. The molecular formula is C16H11Br2ClN2. The zero-order valence-corrected chi connectivity index (χ0v) is 15.3. The maximum atomic E-state index is 6.33. The highest BCUT2D eigenvalue weighted by Gasteiger charge is 2.12. The molecule has 0 unspecified atom stereocenters. The standard InChI is InChI=1S/C16H11Br2ClN2/c1-8-3-4-10(5-9(8)2)16-20-14-12(15(19)21-16)6-11(17)7-13(14)18/h3-7H,1-2H3. The molecule has 0 bridgehead atoms. The molecule has 1 heterocycles. The van der Waals surface area contributed by atoms with Crippen LogP contribution in [-0.2, 0) is 0 Å². The molecule has 21 heavy (non-hydrogen) atoms. The molecule has 0 aliphatic carbocycles. The molecule has 0 saturated carbocycles. The number of fused-ring (bicyclic) bond motifs is 1. The summed E-state index contributed by atoms with van der Waals surface area (Å²) in [6.45, 7) is 4.16. The van der Waals surface area contributed by atoms with E-state index in [1.54, 1.807) is 0 Å². The van der Waals surface area contributed by atoms with Gasteiger partial charge in [-0.25, -0.2) is 9.97 Å². The summed E-state index contributed by atoms with van der Waals surface area (Å²) in [5.74, 6) is 0.638. The molecule has 3 rings (SSSR count). The molecule has 0 radical (unpaired) electrons. The van der Waals surface area contributed by atoms with E-state index < -0.39 is 0 Å². The first-order valence-electron chi connectivity index (χ1n) is 6.35. The number of benzene rings is 2. The number of aryl methyl sites for hydroxylation is 2. The molecular weight excluding hydrogens is 415 g/mol. The average Bonchev–Trinajstić information content (AvgIpc) is 2.43. The maximum absolute atomic E-state index is 6.33. The second-order valence-electron chi connectivity index (χ2n) is 4.92. The normalized spacial score (nSPS) is 11.1. The molecule has 2 aromatic carbocycles. The van der Waals surface area contributed by atoms with E-state index in [0.29, 0.717) is 11.0 Å². The Bertz CT molecular complexity index is 863. The first kappa shape index (κ1) is 14.9. The van der Waals surface area contributed by atoms with Gasteiger partial charge in [0, 0.05) is 19.9 Å². The van der Waals surface area contributed by atoms with Crippen LogP contribution in [0.2, 0.25) is 5.15 Å². The van der Waals surface area contributed by atoms with Crippen LogP contribution >= 0.6 is 43.5 Å². The van der Waals surface area contributed by atoms with Crippen molar-refractivity contribution < 1.29 is 0 Å². The molecule has 0 amide bonds. The summed E-state index contributed by atoms with van der Waals surface area (Å²) >= 11 is 13.3. The number of aromatic nitrogens is 2. The van der Waals surface area contributed by atoms with Crippen molar-refractivity contribution in [3.63, 3.8) is 0 Å². The Kier molecular flexibility index (Phi) is 4.04. The first-order chi connectivity index (χ1) is 9.95. The number of hydrogen-bond donors (Lipinski definition) is 0. The third-order valence-electron chi connectivity index (χ3n) is 3.44. The molecule has 0 aliphatic heterocycles. The molecule has 2 nitrogen and oxygen atoms in total. The smallest absolute Gasteiger partial charge is 0.161 e. The number of hydrogen-bond acceptors (Lipinski definition) is 2.